The van der Waals surface area contributed by atoms with Crippen LogP contribution < -0.4 is 10.1 Å². The molecule has 0 saturated carbocycles. The number of carbonyl (C=O) groups excluding carboxylic acids is 2. The highest BCUT2D eigenvalue weighted by molar-refractivity contribution is 5.88. The van der Waals surface area contributed by atoms with Gasteiger partial charge in [0.15, 0.2) is 6.61 Å². The molecule has 0 fully saturated rings. The minimum Gasteiger partial charge on any atom is -0.484 e. The van der Waals surface area contributed by atoms with Gasteiger partial charge in [-0.05, 0) is 69.4 Å². The SMILES string of the molecule is CC[C@@H](C)NC(=O)[C@@H](C)N(CCc1ccccc1)C(=O)COc1cc(C)cc(C)c1. The molecule has 5 nitrogen and oxygen atoms in total. The quantitative estimate of drug-likeness (QED) is 0.643. The molecule has 0 aliphatic heterocycles. The summed E-state index contributed by atoms with van der Waals surface area (Å²) in [6, 6.07) is 15.3. The van der Waals surface area contributed by atoms with E-state index in [0.717, 1.165) is 23.1 Å². The Balaban J connectivity index is 2.09. The first kappa shape index (κ1) is 23.5. The van der Waals surface area contributed by atoms with Gasteiger partial charge in [-0.2, -0.15) is 0 Å². The fourth-order valence-corrected chi connectivity index (χ4v) is 3.28. The standard InChI is InChI=1S/C25H34N2O3/c1-6-20(4)26-25(29)21(5)27(13-12-22-10-8-7-9-11-22)24(28)17-30-23-15-18(2)14-19(3)16-23/h7-11,14-16,20-21H,6,12-13,17H2,1-5H3,(H,26,29)/t20-,21-/m1/s1. The van der Waals surface area contributed by atoms with Crippen LogP contribution in [0.25, 0.3) is 0 Å². The zero-order chi connectivity index (χ0) is 22.1. The lowest BCUT2D eigenvalue weighted by Gasteiger charge is -2.29. The monoisotopic (exact) mass is 410 g/mol. The molecule has 0 saturated heterocycles. The van der Waals surface area contributed by atoms with Gasteiger partial charge in [0.2, 0.25) is 5.91 Å². The van der Waals surface area contributed by atoms with Gasteiger partial charge < -0.3 is 15.0 Å². The van der Waals surface area contributed by atoms with Crippen molar-refractivity contribution in [3.05, 3.63) is 65.2 Å². The lowest BCUT2D eigenvalue weighted by atomic mass is 10.1. The minimum absolute atomic E-state index is 0.0672. The van der Waals surface area contributed by atoms with Crippen molar-refractivity contribution in [3.8, 4) is 5.75 Å². The summed E-state index contributed by atoms with van der Waals surface area (Å²) >= 11 is 0. The number of carbonyl (C=O) groups is 2. The molecule has 0 heterocycles. The number of nitrogens with one attached hydrogen (secondary N) is 1. The normalized spacial score (nSPS) is 12.7. The summed E-state index contributed by atoms with van der Waals surface area (Å²) in [5.74, 6) is 0.328. The van der Waals surface area contributed by atoms with E-state index in [-0.39, 0.29) is 24.5 Å². The fraction of sp³-hybridized carbons (Fsp3) is 0.440. The molecule has 162 valence electrons. The Morgan fingerprint density at radius 2 is 1.67 bits per heavy atom. The first-order chi connectivity index (χ1) is 14.3. The third-order valence-corrected chi connectivity index (χ3v) is 5.21. The molecule has 0 aliphatic carbocycles. The summed E-state index contributed by atoms with van der Waals surface area (Å²) in [4.78, 5) is 27.3. The predicted molar refractivity (Wildman–Crippen MR) is 121 cm³/mol. The van der Waals surface area contributed by atoms with E-state index in [1.807, 2.05) is 70.2 Å². The summed E-state index contributed by atoms with van der Waals surface area (Å²) in [6.45, 7) is 10.1. The highest BCUT2D eigenvalue weighted by Gasteiger charge is 2.26. The summed E-state index contributed by atoms with van der Waals surface area (Å²) < 4.78 is 5.77. The molecule has 0 bridgehead atoms. The molecule has 2 aromatic rings. The average Bonchev–Trinajstić information content (AvgIpc) is 2.72. The van der Waals surface area contributed by atoms with Crippen LogP contribution in [0.15, 0.2) is 48.5 Å². The van der Waals surface area contributed by atoms with Crippen molar-refractivity contribution in [1.29, 1.82) is 0 Å². The van der Waals surface area contributed by atoms with E-state index in [9.17, 15) is 9.59 Å². The molecule has 2 rings (SSSR count). The van der Waals surface area contributed by atoms with Crippen LogP contribution in [0.1, 0.15) is 43.9 Å². The van der Waals surface area contributed by atoms with E-state index in [2.05, 4.69) is 11.4 Å². The molecule has 0 aliphatic rings. The van der Waals surface area contributed by atoms with E-state index in [0.29, 0.717) is 18.7 Å². The second kappa shape index (κ2) is 11.4. The molecular formula is C25H34N2O3. The fourth-order valence-electron chi connectivity index (χ4n) is 3.28. The third-order valence-electron chi connectivity index (χ3n) is 5.21. The summed E-state index contributed by atoms with van der Waals surface area (Å²) in [7, 11) is 0. The minimum atomic E-state index is -0.571. The van der Waals surface area contributed by atoms with Crippen LogP contribution >= 0.6 is 0 Å². The van der Waals surface area contributed by atoms with Crippen molar-refractivity contribution in [1.82, 2.24) is 10.2 Å². The van der Waals surface area contributed by atoms with Gasteiger partial charge in [0, 0.05) is 12.6 Å². The van der Waals surface area contributed by atoms with Crippen LogP contribution in [0.5, 0.6) is 5.75 Å². The molecule has 2 aromatic carbocycles. The molecule has 1 N–H and O–H groups in total. The lowest BCUT2D eigenvalue weighted by molar-refractivity contribution is -0.141. The lowest BCUT2D eigenvalue weighted by Crippen LogP contribution is -2.51. The third kappa shape index (κ3) is 7.21. The summed E-state index contributed by atoms with van der Waals surface area (Å²) in [5.41, 5.74) is 3.29. The molecule has 0 spiro atoms. The molecule has 0 aromatic heterocycles. The smallest absolute Gasteiger partial charge is 0.261 e. The number of nitrogens with zero attached hydrogens (tertiary/aromatic N) is 1. The molecule has 2 atom stereocenters. The maximum Gasteiger partial charge on any atom is 0.261 e. The molecule has 0 radical (unpaired) electrons. The van der Waals surface area contributed by atoms with Gasteiger partial charge in [-0.25, -0.2) is 0 Å². The van der Waals surface area contributed by atoms with Crippen LogP contribution in [0.2, 0.25) is 0 Å². The zero-order valence-corrected chi connectivity index (χ0v) is 18.8. The Hall–Kier alpha value is -2.82. The Kier molecular flexibility index (Phi) is 8.90. The Morgan fingerprint density at radius 1 is 1.03 bits per heavy atom. The van der Waals surface area contributed by atoms with Crippen LogP contribution in [0.4, 0.5) is 0 Å². The van der Waals surface area contributed by atoms with E-state index < -0.39 is 6.04 Å². The van der Waals surface area contributed by atoms with Crippen molar-refractivity contribution >= 4 is 11.8 Å². The molecule has 0 unspecified atom stereocenters. The Bertz CT molecular complexity index is 815. The van der Waals surface area contributed by atoms with Gasteiger partial charge in [-0.3, -0.25) is 9.59 Å². The van der Waals surface area contributed by atoms with Gasteiger partial charge in [0.25, 0.3) is 5.91 Å². The van der Waals surface area contributed by atoms with Gasteiger partial charge in [-0.15, -0.1) is 0 Å². The molecule has 2 amide bonds. The van der Waals surface area contributed by atoms with Crippen molar-refractivity contribution in [2.45, 2.75) is 59.5 Å². The number of rotatable bonds is 10. The van der Waals surface area contributed by atoms with Crippen LogP contribution in [-0.4, -0.2) is 41.9 Å². The van der Waals surface area contributed by atoms with E-state index in [1.54, 1.807) is 11.8 Å². The maximum atomic E-state index is 13.0. The molecule has 30 heavy (non-hydrogen) atoms. The second-order valence-corrected chi connectivity index (χ2v) is 7.93. The summed E-state index contributed by atoms with van der Waals surface area (Å²) in [5, 5.41) is 2.98. The number of hydrogen-bond donors (Lipinski definition) is 1. The van der Waals surface area contributed by atoms with Crippen LogP contribution in [0, 0.1) is 13.8 Å². The average molecular weight is 411 g/mol. The van der Waals surface area contributed by atoms with Crippen LogP contribution in [0.3, 0.4) is 0 Å². The zero-order valence-electron chi connectivity index (χ0n) is 18.8. The number of hydrogen-bond acceptors (Lipinski definition) is 3. The van der Waals surface area contributed by atoms with Crippen molar-refractivity contribution in [3.63, 3.8) is 0 Å². The van der Waals surface area contributed by atoms with Gasteiger partial charge in [0.05, 0.1) is 0 Å². The summed E-state index contributed by atoms with van der Waals surface area (Å²) in [6.07, 6.45) is 1.52. The van der Waals surface area contributed by atoms with Gasteiger partial charge >= 0.3 is 0 Å². The Morgan fingerprint density at radius 3 is 2.27 bits per heavy atom. The number of ether oxygens (including phenoxy) is 1. The maximum absolute atomic E-state index is 13.0. The number of benzene rings is 2. The molecular weight excluding hydrogens is 376 g/mol. The van der Waals surface area contributed by atoms with Gasteiger partial charge in [-0.1, -0.05) is 43.3 Å². The van der Waals surface area contributed by atoms with E-state index >= 15 is 0 Å². The molecule has 5 heteroatoms. The Labute approximate surface area is 180 Å². The van der Waals surface area contributed by atoms with E-state index in [1.165, 1.54) is 0 Å². The predicted octanol–water partition coefficient (Wildman–Crippen LogP) is 4.06. The highest BCUT2D eigenvalue weighted by Crippen LogP contribution is 2.16. The van der Waals surface area contributed by atoms with Crippen molar-refractivity contribution < 1.29 is 14.3 Å². The largest absolute Gasteiger partial charge is 0.484 e. The first-order valence-corrected chi connectivity index (χ1v) is 10.6. The second-order valence-electron chi connectivity index (χ2n) is 7.93. The topological polar surface area (TPSA) is 58.6 Å². The first-order valence-electron chi connectivity index (χ1n) is 10.6. The van der Waals surface area contributed by atoms with Crippen LogP contribution in [-0.2, 0) is 16.0 Å². The number of aryl methyl sites for hydroxylation is 2. The van der Waals surface area contributed by atoms with Crippen molar-refractivity contribution in [2.24, 2.45) is 0 Å². The highest BCUT2D eigenvalue weighted by atomic mass is 16.5. The van der Waals surface area contributed by atoms with Crippen molar-refractivity contribution in [2.75, 3.05) is 13.2 Å². The number of amides is 2. The van der Waals surface area contributed by atoms with Gasteiger partial charge in [0.1, 0.15) is 11.8 Å². The van der Waals surface area contributed by atoms with E-state index in [4.69, 9.17) is 4.74 Å².